The molecular formula is C18H18BrN5O. The Hall–Kier alpha value is -2.46. The van der Waals surface area contributed by atoms with Gasteiger partial charge >= 0.3 is 0 Å². The van der Waals surface area contributed by atoms with Gasteiger partial charge in [-0.25, -0.2) is 4.98 Å². The van der Waals surface area contributed by atoms with Crippen LogP contribution in [0.25, 0.3) is 5.57 Å². The number of pyridine rings is 1. The molecule has 7 heteroatoms. The fourth-order valence-corrected chi connectivity index (χ4v) is 3.16. The zero-order chi connectivity index (χ0) is 18.0. The topological polar surface area (TPSA) is 94.5 Å². The number of amides is 1. The quantitative estimate of drug-likeness (QED) is 0.804. The molecule has 0 atom stereocenters. The van der Waals surface area contributed by atoms with Gasteiger partial charge in [0.25, 0.3) is 5.91 Å². The summed E-state index contributed by atoms with van der Waals surface area (Å²) in [5.74, 6) is -0.315. The molecule has 6 nitrogen and oxygen atoms in total. The predicted molar refractivity (Wildman–Crippen MR) is 98.8 cm³/mol. The molecule has 25 heavy (non-hydrogen) atoms. The molecule has 2 N–H and O–H groups in total. The minimum Gasteiger partial charge on any atom is -0.326 e. The molecule has 128 valence electrons. The van der Waals surface area contributed by atoms with Crippen molar-refractivity contribution in [2.45, 2.75) is 33.1 Å². The number of hydrogen-bond donors (Lipinski definition) is 2. The molecule has 0 spiro atoms. The van der Waals surface area contributed by atoms with Crippen LogP contribution in [0.3, 0.4) is 0 Å². The van der Waals surface area contributed by atoms with Crippen LogP contribution in [0.4, 0.5) is 5.69 Å². The Morgan fingerprint density at radius 1 is 1.44 bits per heavy atom. The zero-order valence-electron chi connectivity index (χ0n) is 14.1. The van der Waals surface area contributed by atoms with E-state index in [9.17, 15) is 4.79 Å². The predicted octanol–water partition coefficient (Wildman–Crippen LogP) is 4.28. The van der Waals surface area contributed by atoms with Gasteiger partial charge in [-0.15, -0.1) is 0 Å². The number of H-pyrrole nitrogens is 1. The van der Waals surface area contributed by atoms with Gasteiger partial charge in [-0.05, 0) is 52.2 Å². The summed E-state index contributed by atoms with van der Waals surface area (Å²) in [6.07, 6.45) is 8.22. The van der Waals surface area contributed by atoms with E-state index in [-0.39, 0.29) is 11.5 Å². The van der Waals surface area contributed by atoms with E-state index in [1.807, 2.05) is 6.07 Å². The summed E-state index contributed by atoms with van der Waals surface area (Å²) in [5.41, 5.74) is 3.06. The van der Waals surface area contributed by atoms with Crippen LogP contribution < -0.4 is 5.32 Å². The number of hydrogen-bond acceptors (Lipinski definition) is 4. The van der Waals surface area contributed by atoms with Crippen LogP contribution >= 0.6 is 15.9 Å². The van der Waals surface area contributed by atoms with Crippen molar-refractivity contribution in [1.29, 1.82) is 5.26 Å². The third-order valence-electron chi connectivity index (χ3n) is 4.33. The number of imidazole rings is 1. The summed E-state index contributed by atoms with van der Waals surface area (Å²) in [6.45, 7) is 4.50. The molecule has 1 amide bonds. The van der Waals surface area contributed by atoms with Gasteiger partial charge in [0, 0.05) is 10.7 Å². The fourth-order valence-electron chi connectivity index (χ4n) is 2.76. The number of aromatic amines is 1. The number of nitrogens with one attached hydrogen (secondary N) is 2. The van der Waals surface area contributed by atoms with Crippen LogP contribution in [0.1, 0.15) is 55.1 Å². The molecule has 1 aliphatic rings. The highest BCUT2D eigenvalue weighted by Crippen LogP contribution is 2.40. The molecule has 2 aromatic heterocycles. The number of rotatable bonds is 3. The zero-order valence-corrected chi connectivity index (χ0v) is 15.6. The molecule has 2 heterocycles. The number of allylic oxidation sites excluding steroid dienone is 2. The van der Waals surface area contributed by atoms with E-state index in [2.05, 4.69) is 56.1 Å². The maximum absolute atomic E-state index is 12.5. The third-order valence-corrected chi connectivity index (χ3v) is 4.99. The second kappa shape index (κ2) is 6.81. The number of aromatic nitrogens is 3. The first-order valence-electron chi connectivity index (χ1n) is 8.00. The number of anilines is 1. The molecule has 3 rings (SSSR count). The van der Waals surface area contributed by atoms with E-state index in [1.165, 1.54) is 6.20 Å². The Labute approximate surface area is 154 Å². The lowest BCUT2D eigenvalue weighted by Gasteiger charge is -2.29. The first-order valence-corrected chi connectivity index (χ1v) is 8.79. The van der Waals surface area contributed by atoms with Crippen molar-refractivity contribution >= 4 is 33.1 Å². The van der Waals surface area contributed by atoms with E-state index in [0.717, 1.165) is 35.0 Å². The largest absolute Gasteiger partial charge is 0.326 e. The molecule has 1 aliphatic carbocycles. The summed E-state index contributed by atoms with van der Waals surface area (Å²) in [4.78, 5) is 23.5. The summed E-state index contributed by atoms with van der Waals surface area (Å²) < 4.78 is 0.753. The minimum absolute atomic E-state index is 0.0945. The SMILES string of the molecule is CC1(C)CC=C(c2nccc(Br)c2NC(=O)c2ncc(C#N)[nH]2)CC1. The average molecular weight is 400 g/mol. The highest BCUT2D eigenvalue weighted by atomic mass is 79.9. The maximum atomic E-state index is 12.5. The Balaban J connectivity index is 1.90. The van der Waals surface area contributed by atoms with Gasteiger partial charge in [-0.1, -0.05) is 19.9 Å². The first kappa shape index (κ1) is 17.4. The molecule has 0 unspecified atom stereocenters. The van der Waals surface area contributed by atoms with Crippen LogP contribution in [0.2, 0.25) is 0 Å². The summed E-state index contributed by atoms with van der Waals surface area (Å²) in [5, 5.41) is 11.7. The monoisotopic (exact) mass is 399 g/mol. The van der Waals surface area contributed by atoms with Crippen LogP contribution in [-0.2, 0) is 0 Å². The van der Waals surface area contributed by atoms with Gasteiger partial charge in [0.1, 0.15) is 11.8 Å². The van der Waals surface area contributed by atoms with Crippen molar-refractivity contribution in [3.05, 3.63) is 46.2 Å². The molecular weight excluding hydrogens is 382 g/mol. The Morgan fingerprint density at radius 3 is 2.88 bits per heavy atom. The number of carbonyl (C=O) groups excluding carboxylic acids is 1. The lowest BCUT2D eigenvalue weighted by Crippen LogP contribution is -2.18. The first-order chi connectivity index (χ1) is 11.9. The van der Waals surface area contributed by atoms with Crippen molar-refractivity contribution in [1.82, 2.24) is 15.0 Å². The van der Waals surface area contributed by atoms with E-state index in [1.54, 1.807) is 12.3 Å². The smallest absolute Gasteiger partial charge is 0.291 e. The molecule has 0 aliphatic heterocycles. The van der Waals surface area contributed by atoms with Gasteiger partial charge in [0.2, 0.25) is 0 Å². The summed E-state index contributed by atoms with van der Waals surface area (Å²) in [6, 6.07) is 3.71. The molecule has 0 saturated heterocycles. The van der Waals surface area contributed by atoms with Crippen LogP contribution in [0.15, 0.2) is 29.0 Å². The second-order valence-electron chi connectivity index (χ2n) is 6.83. The standard InChI is InChI=1S/C18H18BrN5O/c1-18(2)6-3-11(4-7-18)14-15(13(19)5-8-21-14)24-17(25)16-22-10-12(9-20)23-16/h3,5,8,10H,4,6-7H2,1-2H3,(H,22,23)(H,24,25). The molecule has 0 saturated carbocycles. The summed E-state index contributed by atoms with van der Waals surface area (Å²) >= 11 is 3.49. The third kappa shape index (κ3) is 3.80. The van der Waals surface area contributed by atoms with Crippen LogP contribution in [-0.4, -0.2) is 20.9 Å². The Morgan fingerprint density at radius 2 is 2.24 bits per heavy atom. The molecule has 2 aromatic rings. The van der Waals surface area contributed by atoms with Crippen LogP contribution in [0, 0.1) is 16.7 Å². The van der Waals surface area contributed by atoms with Gasteiger partial charge in [-0.2, -0.15) is 5.26 Å². The molecule has 0 aromatic carbocycles. The molecule has 0 radical (unpaired) electrons. The van der Waals surface area contributed by atoms with E-state index >= 15 is 0 Å². The van der Waals surface area contributed by atoms with Gasteiger partial charge in [0.05, 0.1) is 17.6 Å². The minimum atomic E-state index is -0.409. The highest BCUT2D eigenvalue weighted by molar-refractivity contribution is 9.10. The highest BCUT2D eigenvalue weighted by Gasteiger charge is 2.25. The van der Waals surface area contributed by atoms with Crippen molar-refractivity contribution in [2.75, 3.05) is 5.32 Å². The maximum Gasteiger partial charge on any atom is 0.291 e. The van der Waals surface area contributed by atoms with Gasteiger partial charge < -0.3 is 10.3 Å². The fraction of sp³-hybridized carbons (Fsp3) is 0.333. The van der Waals surface area contributed by atoms with Crippen molar-refractivity contribution in [2.24, 2.45) is 5.41 Å². The number of halogens is 1. The molecule has 0 fully saturated rings. The van der Waals surface area contributed by atoms with Crippen LogP contribution in [0.5, 0.6) is 0 Å². The number of nitriles is 1. The lowest BCUT2D eigenvalue weighted by atomic mass is 9.77. The van der Waals surface area contributed by atoms with Crippen molar-refractivity contribution < 1.29 is 4.79 Å². The van der Waals surface area contributed by atoms with Crippen molar-refractivity contribution in [3.63, 3.8) is 0 Å². The molecule has 0 bridgehead atoms. The second-order valence-corrected chi connectivity index (χ2v) is 7.68. The Bertz CT molecular complexity index is 891. The summed E-state index contributed by atoms with van der Waals surface area (Å²) in [7, 11) is 0. The lowest BCUT2D eigenvalue weighted by molar-refractivity contribution is 0.101. The van der Waals surface area contributed by atoms with Gasteiger partial charge in [-0.3, -0.25) is 9.78 Å². The normalized spacial score (nSPS) is 16.0. The van der Waals surface area contributed by atoms with E-state index < -0.39 is 5.91 Å². The van der Waals surface area contributed by atoms with Crippen molar-refractivity contribution in [3.8, 4) is 6.07 Å². The number of carbonyl (C=O) groups is 1. The number of nitrogens with zero attached hydrogens (tertiary/aromatic N) is 3. The van der Waals surface area contributed by atoms with E-state index in [0.29, 0.717) is 11.1 Å². The van der Waals surface area contributed by atoms with Gasteiger partial charge in [0.15, 0.2) is 5.82 Å². The van der Waals surface area contributed by atoms with E-state index in [4.69, 9.17) is 5.26 Å². The average Bonchev–Trinajstić information content (AvgIpc) is 3.06. The Kier molecular flexibility index (Phi) is 4.73.